The van der Waals surface area contributed by atoms with Crippen LogP contribution in [0.1, 0.15) is 5.56 Å². The number of carbonyl (C=O) groups is 2. The number of halogens is 1. The van der Waals surface area contributed by atoms with E-state index >= 15 is 0 Å². The first-order chi connectivity index (χ1) is 12.1. The topological polar surface area (TPSA) is 58.6 Å². The van der Waals surface area contributed by atoms with Crippen molar-refractivity contribution in [1.82, 2.24) is 4.90 Å². The van der Waals surface area contributed by atoms with Crippen LogP contribution in [-0.4, -0.2) is 29.8 Å². The van der Waals surface area contributed by atoms with Crippen LogP contribution in [0.5, 0.6) is 5.75 Å². The molecule has 0 saturated carbocycles. The Bertz CT molecular complexity index is 854. The lowest BCUT2D eigenvalue weighted by Gasteiger charge is -2.15. The predicted molar refractivity (Wildman–Crippen MR) is 101 cm³/mol. The minimum atomic E-state index is -0.347. The molecule has 0 spiro atoms. The number of anilines is 1. The Balaban J connectivity index is 1.76. The Morgan fingerprint density at radius 2 is 1.88 bits per heavy atom. The first-order valence-corrected chi connectivity index (χ1v) is 8.66. The molecule has 1 saturated heterocycles. The largest absolute Gasteiger partial charge is 0.496 e. The lowest BCUT2D eigenvalue weighted by molar-refractivity contribution is -0.122. The molecule has 25 heavy (non-hydrogen) atoms. The number of benzene rings is 2. The fraction of sp³-hybridized carbons (Fsp3) is 0.111. The molecule has 5 nitrogen and oxygen atoms in total. The Labute approximate surface area is 154 Å². The highest BCUT2D eigenvalue weighted by atomic mass is 35.5. The lowest BCUT2D eigenvalue weighted by atomic mass is 10.2. The van der Waals surface area contributed by atoms with E-state index in [9.17, 15) is 9.59 Å². The average Bonchev–Trinajstić information content (AvgIpc) is 2.88. The molecule has 1 heterocycles. The number of hydrogen-bond acceptors (Lipinski definition) is 5. The van der Waals surface area contributed by atoms with Gasteiger partial charge in [-0.1, -0.05) is 41.9 Å². The van der Waals surface area contributed by atoms with E-state index in [1.54, 1.807) is 31.4 Å². The van der Waals surface area contributed by atoms with E-state index in [1.807, 2.05) is 30.3 Å². The van der Waals surface area contributed by atoms with Crippen molar-refractivity contribution in [3.63, 3.8) is 0 Å². The molecule has 0 aliphatic carbocycles. The fourth-order valence-electron chi connectivity index (χ4n) is 2.33. The zero-order valence-electron chi connectivity index (χ0n) is 13.4. The van der Waals surface area contributed by atoms with Gasteiger partial charge in [-0.25, -0.2) is 0 Å². The third-order valence-electron chi connectivity index (χ3n) is 3.60. The van der Waals surface area contributed by atoms with Crippen LogP contribution in [0.3, 0.4) is 0 Å². The van der Waals surface area contributed by atoms with Crippen molar-refractivity contribution in [2.45, 2.75) is 0 Å². The third kappa shape index (κ3) is 3.81. The van der Waals surface area contributed by atoms with E-state index in [4.69, 9.17) is 16.3 Å². The fourth-order valence-corrected chi connectivity index (χ4v) is 3.36. The van der Waals surface area contributed by atoms with Gasteiger partial charge in [-0.05, 0) is 36.0 Å². The van der Waals surface area contributed by atoms with Crippen LogP contribution in [0.2, 0.25) is 5.02 Å². The van der Waals surface area contributed by atoms with Gasteiger partial charge in [0, 0.05) is 5.56 Å². The monoisotopic (exact) mass is 374 g/mol. The van der Waals surface area contributed by atoms with Crippen LogP contribution in [-0.2, 0) is 4.79 Å². The maximum atomic E-state index is 12.5. The summed E-state index contributed by atoms with van der Waals surface area (Å²) in [5, 5.41) is 3.21. The maximum Gasteiger partial charge on any atom is 0.295 e. The van der Waals surface area contributed by atoms with Crippen LogP contribution in [0.25, 0.3) is 6.08 Å². The Morgan fingerprint density at radius 3 is 2.64 bits per heavy atom. The molecule has 2 amide bonds. The quantitative estimate of drug-likeness (QED) is 0.783. The Hall–Kier alpha value is -2.44. The molecule has 1 N–H and O–H groups in total. The molecule has 0 atom stereocenters. The van der Waals surface area contributed by atoms with E-state index in [0.717, 1.165) is 22.2 Å². The summed E-state index contributed by atoms with van der Waals surface area (Å²) in [7, 11) is 1.56. The summed E-state index contributed by atoms with van der Waals surface area (Å²) in [5.74, 6) is 0.295. The summed E-state index contributed by atoms with van der Waals surface area (Å²) in [6.45, 7) is 0.0532. The average molecular weight is 375 g/mol. The molecule has 0 bridgehead atoms. The molecular formula is C18H15ClN2O3S. The van der Waals surface area contributed by atoms with Gasteiger partial charge in [0.2, 0.25) is 0 Å². The molecule has 2 aromatic rings. The number of nitrogens with one attached hydrogen (secondary N) is 1. The first kappa shape index (κ1) is 17.4. The SMILES string of the molecule is COc1ccccc1/C=C1/SC(=O)N(CNc2ccccc2Cl)C1=O. The summed E-state index contributed by atoms with van der Waals surface area (Å²) in [5.41, 5.74) is 1.41. The summed E-state index contributed by atoms with van der Waals surface area (Å²) >= 11 is 6.98. The maximum absolute atomic E-state index is 12.5. The number of amides is 2. The van der Waals surface area contributed by atoms with Gasteiger partial charge >= 0.3 is 0 Å². The van der Waals surface area contributed by atoms with Gasteiger partial charge in [0.25, 0.3) is 11.1 Å². The predicted octanol–water partition coefficient (Wildman–Crippen LogP) is 4.45. The number of methoxy groups -OCH3 is 1. The van der Waals surface area contributed by atoms with E-state index < -0.39 is 0 Å². The number of hydrogen-bond donors (Lipinski definition) is 1. The number of carbonyl (C=O) groups excluding carboxylic acids is 2. The molecule has 2 aromatic carbocycles. The minimum absolute atomic E-state index is 0.0532. The first-order valence-electron chi connectivity index (χ1n) is 7.47. The van der Waals surface area contributed by atoms with Crippen LogP contribution in [0.15, 0.2) is 53.4 Å². The standard InChI is InChI=1S/C18H15ClN2O3S/c1-24-15-9-5-2-6-12(15)10-16-17(22)21(18(23)25-16)11-20-14-8-4-3-7-13(14)19/h2-10,20H,11H2,1H3/b16-10+. The number of imide groups is 1. The second-order valence-electron chi connectivity index (χ2n) is 5.17. The number of nitrogens with zero attached hydrogens (tertiary/aromatic N) is 1. The van der Waals surface area contributed by atoms with Gasteiger partial charge in [-0.2, -0.15) is 0 Å². The van der Waals surface area contributed by atoms with Gasteiger partial charge in [-0.3, -0.25) is 14.5 Å². The van der Waals surface area contributed by atoms with Gasteiger partial charge in [0.1, 0.15) is 5.75 Å². The Kier molecular flexibility index (Phi) is 5.31. The van der Waals surface area contributed by atoms with Crippen LogP contribution >= 0.6 is 23.4 Å². The summed E-state index contributed by atoms with van der Waals surface area (Å²) in [6, 6.07) is 14.5. The summed E-state index contributed by atoms with van der Waals surface area (Å²) in [4.78, 5) is 26.2. The van der Waals surface area contributed by atoms with Gasteiger partial charge in [0.05, 0.1) is 29.4 Å². The highest BCUT2D eigenvalue weighted by Crippen LogP contribution is 2.34. The van der Waals surface area contributed by atoms with Crippen LogP contribution in [0.4, 0.5) is 10.5 Å². The zero-order valence-corrected chi connectivity index (χ0v) is 14.9. The molecule has 128 valence electrons. The molecule has 1 aliphatic heterocycles. The number of thioether (sulfide) groups is 1. The van der Waals surface area contributed by atoms with Crippen molar-refractivity contribution in [3.8, 4) is 5.75 Å². The van der Waals surface area contributed by atoms with Gasteiger partial charge < -0.3 is 10.1 Å². The highest BCUT2D eigenvalue weighted by Gasteiger charge is 2.35. The summed E-state index contributed by atoms with van der Waals surface area (Å²) in [6.07, 6.45) is 1.67. The van der Waals surface area contributed by atoms with Crippen LogP contribution in [0, 0.1) is 0 Å². The second kappa shape index (κ2) is 7.63. The lowest BCUT2D eigenvalue weighted by Crippen LogP contribution is -2.33. The highest BCUT2D eigenvalue weighted by molar-refractivity contribution is 8.18. The summed E-state index contributed by atoms with van der Waals surface area (Å²) < 4.78 is 5.27. The molecule has 1 aliphatic rings. The third-order valence-corrected chi connectivity index (χ3v) is 4.84. The van der Waals surface area contributed by atoms with Crippen molar-refractivity contribution in [1.29, 1.82) is 0 Å². The van der Waals surface area contributed by atoms with E-state index in [2.05, 4.69) is 5.32 Å². The molecule has 0 radical (unpaired) electrons. The van der Waals surface area contributed by atoms with Crippen molar-refractivity contribution in [2.75, 3.05) is 19.1 Å². The molecule has 1 fully saturated rings. The van der Waals surface area contributed by atoms with Crippen molar-refractivity contribution < 1.29 is 14.3 Å². The zero-order chi connectivity index (χ0) is 17.8. The normalized spacial score (nSPS) is 15.8. The molecule has 0 unspecified atom stereocenters. The van der Waals surface area contributed by atoms with Gasteiger partial charge in [-0.15, -0.1) is 0 Å². The van der Waals surface area contributed by atoms with Crippen molar-refractivity contribution >= 4 is 46.3 Å². The van der Waals surface area contributed by atoms with Crippen molar-refractivity contribution in [2.24, 2.45) is 0 Å². The number of rotatable bonds is 5. The number of ether oxygens (including phenoxy) is 1. The van der Waals surface area contributed by atoms with E-state index in [1.165, 1.54) is 0 Å². The van der Waals surface area contributed by atoms with E-state index in [-0.39, 0.29) is 17.8 Å². The molecule has 0 aromatic heterocycles. The second-order valence-corrected chi connectivity index (χ2v) is 6.57. The van der Waals surface area contributed by atoms with Crippen LogP contribution < -0.4 is 10.1 Å². The smallest absolute Gasteiger partial charge is 0.295 e. The van der Waals surface area contributed by atoms with Gasteiger partial charge in [0.15, 0.2) is 0 Å². The minimum Gasteiger partial charge on any atom is -0.496 e. The number of para-hydroxylation sites is 2. The molecular weight excluding hydrogens is 360 g/mol. The van der Waals surface area contributed by atoms with E-state index in [0.29, 0.717) is 21.4 Å². The Morgan fingerprint density at radius 1 is 1.16 bits per heavy atom. The molecule has 7 heteroatoms. The molecule has 3 rings (SSSR count). The van der Waals surface area contributed by atoms with Crippen molar-refractivity contribution in [3.05, 3.63) is 64.0 Å².